The van der Waals surface area contributed by atoms with Gasteiger partial charge < -0.3 is 9.80 Å². The summed E-state index contributed by atoms with van der Waals surface area (Å²) in [6.07, 6.45) is 0. The summed E-state index contributed by atoms with van der Waals surface area (Å²) in [4.78, 5) is 21.5. The first-order valence-corrected chi connectivity index (χ1v) is 10.5. The Morgan fingerprint density at radius 1 is 0.839 bits per heavy atom. The highest BCUT2D eigenvalue weighted by Crippen LogP contribution is 2.21. The smallest absolute Gasteiger partial charge is 0.267 e. The van der Waals surface area contributed by atoms with E-state index in [2.05, 4.69) is 31.0 Å². The van der Waals surface area contributed by atoms with Crippen LogP contribution in [0.1, 0.15) is 17.0 Å². The molecule has 0 spiro atoms. The summed E-state index contributed by atoms with van der Waals surface area (Å²) in [5, 5.41) is 9.26. The molecule has 1 aliphatic rings. The Balaban J connectivity index is 1.34. The van der Waals surface area contributed by atoms with Gasteiger partial charge in [0.05, 0.1) is 12.2 Å². The molecule has 4 heterocycles. The van der Waals surface area contributed by atoms with Crippen LogP contribution in [0.4, 0.5) is 11.6 Å². The van der Waals surface area contributed by atoms with Gasteiger partial charge in [-0.2, -0.15) is 14.7 Å². The lowest BCUT2D eigenvalue weighted by molar-refractivity contribution is 0.596. The third-order valence-electron chi connectivity index (χ3n) is 5.61. The van der Waals surface area contributed by atoms with E-state index < -0.39 is 0 Å². The first-order chi connectivity index (χ1) is 15.1. The third kappa shape index (κ3) is 3.88. The molecule has 158 valence electrons. The molecule has 4 aromatic rings. The van der Waals surface area contributed by atoms with E-state index in [0.29, 0.717) is 6.54 Å². The average molecular weight is 416 g/mol. The molecule has 8 nitrogen and oxygen atoms in total. The van der Waals surface area contributed by atoms with Crippen LogP contribution in [-0.2, 0) is 6.54 Å². The summed E-state index contributed by atoms with van der Waals surface area (Å²) >= 11 is 0. The van der Waals surface area contributed by atoms with E-state index in [4.69, 9.17) is 0 Å². The molecular weight excluding hydrogens is 390 g/mol. The van der Waals surface area contributed by atoms with Crippen molar-refractivity contribution in [1.29, 1.82) is 0 Å². The van der Waals surface area contributed by atoms with Gasteiger partial charge in [0.1, 0.15) is 11.6 Å². The van der Waals surface area contributed by atoms with Gasteiger partial charge in [0, 0.05) is 50.1 Å². The van der Waals surface area contributed by atoms with Crippen molar-refractivity contribution in [3.8, 4) is 0 Å². The number of aromatic nitrogens is 5. The molecule has 1 fully saturated rings. The maximum Gasteiger partial charge on any atom is 0.267 e. The molecule has 0 N–H and O–H groups in total. The van der Waals surface area contributed by atoms with E-state index in [1.165, 1.54) is 0 Å². The molecule has 1 aliphatic heterocycles. The van der Waals surface area contributed by atoms with Crippen LogP contribution < -0.4 is 15.4 Å². The molecule has 0 unspecified atom stereocenters. The van der Waals surface area contributed by atoms with Crippen LogP contribution in [-0.4, -0.2) is 50.6 Å². The summed E-state index contributed by atoms with van der Waals surface area (Å²) in [6.45, 7) is 7.80. The van der Waals surface area contributed by atoms with Gasteiger partial charge in [-0.1, -0.05) is 30.3 Å². The Labute approximate surface area is 180 Å². The van der Waals surface area contributed by atoms with Crippen LogP contribution in [0.5, 0.6) is 0 Å². The number of fused-ring (bicyclic) bond motifs is 1. The largest absolute Gasteiger partial charge is 0.353 e. The fourth-order valence-corrected chi connectivity index (χ4v) is 4.06. The predicted molar refractivity (Wildman–Crippen MR) is 121 cm³/mol. The molecule has 5 rings (SSSR count). The third-order valence-corrected chi connectivity index (χ3v) is 5.61. The first kappa shape index (κ1) is 19.3. The highest BCUT2D eigenvalue weighted by Gasteiger charge is 2.21. The van der Waals surface area contributed by atoms with Gasteiger partial charge in [0.15, 0.2) is 5.65 Å². The van der Waals surface area contributed by atoms with E-state index >= 15 is 0 Å². The SMILES string of the molecule is Cc1cc(N2CCN(c3ccc(=O)n(Cc4ccccc4)n3)CC2)n2nc(C)cc2n1. The molecule has 8 heteroatoms. The molecule has 0 bridgehead atoms. The number of hydrogen-bond donors (Lipinski definition) is 0. The van der Waals surface area contributed by atoms with Crippen LogP contribution in [0.15, 0.2) is 59.4 Å². The van der Waals surface area contributed by atoms with Crippen LogP contribution in [0.2, 0.25) is 0 Å². The van der Waals surface area contributed by atoms with E-state index in [-0.39, 0.29) is 5.56 Å². The van der Waals surface area contributed by atoms with Crippen LogP contribution in [0.25, 0.3) is 5.65 Å². The molecular formula is C23H25N7O. The van der Waals surface area contributed by atoms with Gasteiger partial charge >= 0.3 is 0 Å². The highest BCUT2D eigenvalue weighted by atomic mass is 16.1. The Bertz CT molecular complexity index is 1270. The maximum absolute atomic E-state index is 12.3. The normalized spacial score (nSPS) is 14.4. The maximum atomic E-state index is 12.3. The summed E-state index contributed by atoms with van der Waals surface area (Å²) < 4.78 is 3.47. The zero-order valence-electron chi connectivity index (χ0n) is 17.8. The topological polar surface area (TPSA) is 71.6 Å². The fraction of sp³-hybridized carbons (Fsp3) is 0.304. The summed E-state index contributed by atoms with van der Waals surface area (Å²) in [6, 6.07) is 17.5. The second kappa shape index (κ2) is 7.86. The quantitative estimate of drug-likeness (QED) is 0.509. The number of anilines is 2. The molecule has 3 aromatic heterocycles. The van der Waals surface area contributed by atoms with E-state index in [0.717, 1.165) is 60.4 Å². The van der Waals surface area contributed by atoms with Gasteiger partial charge in [-0.3, -0.25) is 4.79 Å². The average Bonchev–Trinajstić information content (AvgIpc) is 3.15. The lowest BCUT2D eigenvalue weighted by Gasteiger charge is -2.36. The van der Waals surface area contributed by atoms with Gasteiger partial charge in [0.25, 0.3) is 5.56 Å². The number of benzene rings is 1. The minimum absolute atomic E-state index is 0.0880. The van der Waals surface area contributed by atoms with Crippen molar-refractivity contribution in [1.82, 2.24) is 24.4 Å². The van der Waals surface area contributed by atoms with Crippen molar-refractivity contribution in [2.24, 2.45) is 0 Å². The summed E-state index contributed by atoms with van der Waals surface area (Å²) in [5.41, 5.74) is 3.80. The highest BCUT2D eigenvalue weighted by molar-refractivity contribution is 5.53. The molecule has 0 amide bonds. The summed E-state index contributed by atoms with van der Waals surface area (Å²) in [5.74, 6) is 1.90. The number of aryl methyl sites for hydroxylation is 2. The zero-order valence-corrected chi connectivity index (χ0v) is 17.8. The van der Waals surface area contributed by atoms with E-state index in [9.17, 15) is 4.79 Å². The number of rotatable bonds is 4. The standard InChI is InChI=1S/C23H25N7O/c1-17-15-22(30-21(24-17)14-18(2)25-30)28-12-10-27(11-13-28)20-8-9-23(31)29(26-20)16-19-6-4-3-5-7-19/h3-9,14-15H,10-13,16H2,1-2H3. The van der Waals surface area contributed by atoms with E-state index in [1.54, 1.807) is 10.7 Å². The van der Waals surface area contributed by atoms with Crippen molar-refractivity contribution in [3.05, 3.63) is 81.9 Å². The van der Waals surface area contributed by atoms with Crippen molar-refractivity contribution in [2.75, 3.05) is 36.0 Å². The monoisotopic (exact) mass is 415 g/mol. The summed E-state index contributed by atoms with van der Waals surface area (Å²) in [7, 11) is 0. The Morgan fingerprint density at radius 2 is 1.58 bits per heavy atom. The molecule has 1 saturated heterocycles. The molecule has 0 saturated carbocycles. The van der Waals surface area contributed by atoms with Crippen LogP contribution in [0, 0.1) is 13.8 Å². The van der Waals surface area contributed by atoms with Crippen molar-refractivity contribution < 1.29 is 0 Å². The van der Waals surface area contributed by atoms with Crippen LogP contribution >= 0.6 is 0 Å². The number of nitrogens with zero attached hydrogens (tertiary/aromatic N) is 7. The Morgan fingerprint density at radius 3 is 2.35 bits per heavy atom. The molecule has 1 aromatic carbocycles. The fourth-order valence-electron chi connectivity index (χ4n) is 4.06. The molecule has 0 radical (unpaired) electrons. The zero-order chi connectivity index (χ0) is 21.4. The second-order valence-electron chi connectivity index (χ2n) is 7.96. The molecule has 31 heavy (non-hydrogen) atoms. The lowest BCUT2D eigenvalue weighted by Crippen LogP contribution is -2.48. The number of hydrogen-bond acceptors (Lipinski definition) is 6. The Hall–Kier alpha value is -3.68. The Kier molecular flexibility index (Phi) is 4.89. The molecule has 0 aliphatic carbocycles. The van der Waals surface area contributed by atoms with Crippen molar-refractivity contribution in [2.45, 2.75) is 20.4 Å². The second-order valence-corrected chi connectivity index (χ2v) is 7.96. The number of piperazine rings is 1. The van der Waals surface area contributed by atoms with Gasteiger partial charge in [-0.15, -0.1) is 0 Å². The molecule has 0 atom stereocenters. The van der Waals surface area contributed by atoms with Crippen molar-refractivity contribution in [3.63, 3.8) is 0 Å². The minimum atomic E-state index is -0.0880. The first-order valence-electron chi connectivity index (χ1n) is 10.5. The van der Waals surface area contributed by atoms with E-state index in [1.807, 2.05) is 60.8 Å². The van der Waals surface area contributed by atoms with Gasteiger partial charge in [-0.05, 0) is 25.5 Å². The lowest BCUT2D eigenvalue weighted by atomic mass is 10.2. The van der Waals surface area contributed by atoms with Gasteiger partial charge in [-0.25, -0.2) is 9.67 Å². The van der Waals surface area contributed by atoms with Crippen molar-refractivity contribution >= 4 is 17.3 Å². The predicted octanol–water partition coefficient (Wildman–Crippen LogP) is 2.28. The van der Waals surface area contributed by atoms with Gasteiger partial charge in [0.2, 0.25) is 0 Å². The minimum Gasteiger partial charge on any atom is -0.353 e. The van der Waals surface area contributed by atoms with Crippen LogP contribution in [0.3, 0.4) is 0 Å².